The Labute approximate surface area is 117 Å². The SMILES string of the molecule is Cc1ccc(C(N)COC2CCC(C)CC2)c(C)c1. The van der Waals surface area contributed by atoms with Gasteiger partial charge < -0.3 is 10.5 Å². The molecule has 1 aliphatic rings. The number of nitrogens with two attached hydrogens (primary N) is 1. The van der Waals surface area contributed by atoms with Gasteiger partial charge in [0.25, 0.3) is 0 Å². The Morgan fingerprint density at radius 1 is 1.21 bits per heavy atom. The summed E-state index contributed by atoms with van der Waals surface area (Å²) in [6.45, 7) is 7.22. The molecule has 1 atom stereocenters. The van der Waals surface area contributed by atoms with E-state index in [2.05, 4.69) is 39.0 Å². The van der Waals surface area contributed by atoms with E-state index in [1.807, 2.05) is 0 Å². The number of ether oxygens (including phenoxy) is 1. The average Bonchev–Trinajstić information content (AvgIpc) is 2.37. The third-order valence-corrected chi connectivity index (χ3v) is 4.30. The van der Waals surface area contributed by atoms with E-state index < -0.39 is 0 Å². The van der Waals surface area contributed by atoms with Crippen molar-refractivity contribution in [3.63, 3.8) is 0 Å². The molecule has 0 aromatic heterocycles. The molecule has 0 aliphatic heterocycles. The van der Waals surface area contributed by atoms with Gasteiger partial charge in [-0.25, -0.2) is 0 Å². The Morgan fingerprint density at radius 3 is 2.53 bits per heavy atom. The fourth-order valence-electron chi connectivity index (χ4n) is 2.97. The average molecular weight is 261 g/mol. The van der Waals surface area contributed by atoms with Crippen molar-refractivity contribution in [2.45, 2.75) is 58.6 Å². The van der Waals surface area contributed by atoms with Crippen LogP contribution < -0.4 is 5.73 Å². The lowest BCUT2D eigenvalue weighted by molar-refractivity contribution is 0.0125. The molecule has 106 valence electrons. The summed E-state index contributed by atoms with van der Waals surface area (Å²) in [5.74, 6) is 0.868. The Kier molecular flexibility index (Phi) is 5.00. The summed E-state index contributed by atoms with van der Waals surface area (Å²) in [5, 5.41) is 0. The molecule has 1 aromatic carbocycles. The molecule has 0 saturated heterocycles. The molecule has 0 amide bonds. The normalized spacial score (nSPS) is 25.3. The second-order valence-corrected chi connectivity index (χ2v) is 6.18. The summed E-state index contributed by atoms with van der Waals surface area (Å²) in [4.78, 5) is 0. The van der Waals surface area contributed by atoms with Crippen LogP contribution in [0.4, 0.5) is 0 Å². The minimum Gasteiger partial charge on any atom is -0.376 e. The molecule has 0 heterocycles. The maximum absolute atomic E-state index is 6.27. The van der Waals surface area contributed by atoms with Crippen LogP contribution in [0.3, 0.4) is 0 Å². The minimum absolute atomic E-state index is 0.0000463. The van der Waals surface area contributed by atoms with Crippen LogP contribution in [0.5, 0.6) is 0 Å². The molecule has 2 heteroatoms. The van der Waals surface area contributed by atoms with Crippen LogP contribution in [-0.2, 0) is 4.74 Å². The van der Waals surface area contributed by atoms with Crippen molar-refractivity contribution in [2.24, 2.45) is 11.7 Å². The zero-order valence-electron chi connectivity index (χ0n) is 12.5. The first-order valence-corrected chi connectivity index (χ1v) is 7.50. The van der Waals surface area contributed by atoms with Gasteiger partial charge in [0.2, 0.25) is 0 Å². The molecule has 1 aromatic rings. The largest absolute Gasteiger partial charge is 0.376 e. The smallest absolute Gasteiger partial charge is 0.0663 e. The Morgan fingerprint density at radius 2 is 1.89 bits per heavy atom. The van der Waals surface area contributed by atoms with Crippen LogP contribution in [-0.4, -0.2) is 12.7 Å². The van der Waals surface area contributed by atoms with E-state index in [-0.39, 0.29) is 6.04 Å². The van der Waals surface area contributed by atoms with Crippen molar-refractivity contribution >= 4 is 0 Å². The van der Waals surface area contributed by atoms with Gasteiger partial charge >= 0.3 is 0 Å². The number of hydrogen-bond acceptors (Lipinski definition) is 2. The maximum atomic E-state index is 6.27. The number of aryl methyl sites for hydroxylation is 2. The van der Waals surface area contributed by atoms with Crippen molar-refractivity contribution in [2.75, 3.05) is 6.61 Å². The Balaban J connectivity index is 1.85. The van der Waals surface area contributed by atoms with Gasteiger partial charge in [-0.3, -0.25) is 0 Å². The molecule has 1 saturated carbocycles. The third kappa shape index (κ3) is 4.05. The second-order valence-electron chi connectivity index (χ2n) is 6.18. The lowest BCUT2D eigenvalue weighted by Gasteiger charge is -2.27. The first kappa shape index (κ1) is 14.5. The summed E-state index contributed by atoms with van der Waals surface area (Å²) in [7, 11) is 0. The van der Waals surface area contributed by atoms with Crippen LogP contribution >= 0.6 is 0 Å². The molecule has 1 aliphatic carbocycles. The summed E-state index contributed by atoms with van der Waals surface area (Å²) < 4.78 is 6.01. The van der Waals surface area contributed by atoms with Crippen LogP contribution in [0.2, 0.25) is 0 Å². The standard InChI is InChI=1S/C17H27NO/c1-12-4-7-15(8-5-12)19-11-17(18)16-9-6-13(2)10-14(16)3/h6,9-10,12,15,17H,4-5,7-8,11,18H2,1-3H3. The highest BCUT2D eigenvalue weighted by Gasteiger charge is 2.20. The predicted octanol–water partition coefficient (Wildman–Crippen LogP) is 3.90. The van der Waals surface area contributed by atoms with Gasteiger partial charge in [-0.05, 0) is 56.6 Å². The highest BCUT2D eigenvalue weighted by Crippen LogP contribution is 2.26. The van der Waals surface area contributed by atoms with Crippen molar-refractivity contribution < 1.29 is 4.74 Å². The fourth-order valence-corrected chi connectivity index (χ4v) is 2.97. The number of hydrogen-bond donors (Lipinski definition) is 1. The predicted molar refractivity (Wildman–Crippen MR) is 80.2 cm³/mol. The lowest BCUT2D eigenvalue weighted by Crippen LogP contribution is -2.26. The third-order valence-electron chi connectivity index (χ3n) is 4.30. The van der Waals surface area contributed by atoms with E-state index in [4.69, 9.17) is 10.5 Å². The van der Waals surface area contributed by atoms with Gasteiger partial charge in [-0.1, -0.05) is 30.7 Å². The van der Waals surface area contributed by atoms with E-state index in [9.17, 15) is 0 Å². The molecule has 0 bridgehead atoms. The highest BCUT2D eigenvalue weighted by molar-refractivity contribution is 5.32. The number of benzene rings is 1. The van der Waals surface area contributed by atoms with Gasteiger partial charge in [0.15, 0.2) is 0 Å². The summed E-state index contributed by atoms with van der Waals surface area (Å²) in [5.41, 5.74) is 10.0. The van der Waals surface area contributed by atoms with Crippen LogP contribution in [0.1, 0.15) is 55.3 Å². The monoisotopic (exact) mass is 261 g/mol. The van der Waals surface area contributed by atoms with E-state index in [0.717, 1.165) is 5.92 Å². The van der Waals surface area contributed by atoms with Gasteiger partial charge in [-0.2, -0.15) is 0 Å². The van der Waals surface area contributed by atoms with Crippen LogP contribution in [0.15, 0.2) is 18.2 Å². The van der Waals surface area contributed by atoms with Gasteiger partial charge in [0.05, 0.1) is 18.8 Å². The van der Waals surface area contributed by atoms with E-state index in [1.165, 1.54) is 42.4 Å². The molecule has 0 radical (unpaired) electrons. The van der Waals surface area contributed by atoms with Crippen molar-refractivity contribution in [3.8, 4) is 0 Å². The Hall–Kier alpha value is -0.860. The zero-order valence-corrected chi connectivity index (χ0v) is 12.5. The second kappa shape index (κ2) is 6.53. The molecule has 0 spiro atoms. The molecular weight excluding hydrogens is 234 g/mol. The topological polar surface area (TPSA) is 35.2 Å². The quantitative estimate of drug-likeness (QED) is 0.892. The van der Waals surface area contributed by atoms with Crippen molar-refractivity contribution in [1.82, 2.24) is 0 Å². The number of rotatable bonds is 4. The zero-order chi connectivity index (χ0) is 13.8. The molecule has 2 rings (SSSR count). The van der Waals surface area contributed by atoms with E-state index >= 15 is 0 Å². The molecule has 2 N–H and O–H groups in total. The first-order valence-electron chi connectivity index (χ1n) is 7.50. The van der Waals surface area contributed by atoms with Gasteiger partial charge in [0, 0.05) is 0 Å². The van der Waals surface area contributed by atoms with Gasteiger partial charge in [-0.15, -0.1) is 0 Å². The molecule has 2 nitrogen and oxygen atoms in total. The van der Waals surface area contributed by atoms with Crippen LogP contribution in [0.25, 0.3) is 0 Å². The summed E-state index contributed by atoms with van der Waals surface area (Å²) in [6.07, 6.45) is 5.40. The summed E-state index contributed by atoms with van der Waals surface area (Å²) in [6, 6.07) is 6.46. The van der Waals surface area contributed by atoms with E-state index in [1.54, 1.807) is 0 Å². The molecule has 19 heavy (non-hydrogen) atoms. The van der Waals surface area contributed by atoms with Gasteiger partial charge in [0.1, 0.15) is 0 Å². The van der Waals surface area contributed by atoms with Crippen molar-refractivity contribution in [3.05, 3.63) is 34.9 Å². The van der Waals surface area contributed by atoms with E-state index in [0.29, 0.717) is 12.7 Å². The first-order chi connectivity index (χ1) is 9.06. The van der Waals surface area contributed by atoms with Crippen LogP contribution in [0, 0.1) is 19.8 Å². The minimum atomic E-state index is -0.0000463. The van der Waals surface area contributed by atoms with Crippen molar-refractivity contribution in [1.29, 1.82) is 0 Å². The molecular formula is C17H27NO. The summed E-state index contributed by atoms with van der Waals surface area (Å²) >= 11 is 0. The maximum Gasteiger partial charge on any atom is 0.0663 e. The highest BCUT2D eigenvalue weighted by atomic mass is 16.5. The molecule has 1 fully saturated rings. The Bertz CT molecular complexity index is 408. The lowest BCUT2D eigenvalue weighted by atomic mass is 9.89. The fraction of sp³-hybridized carbons (Fsp3) is 0.647. The molecule has 1 unspecified atom stereocenters.